The highest BCUT2D eigenvalue weighted by atomic mass is 32.1. The third kappa shape index (κ3) is 4.73. The maximum atomic E-state index is 5.50. The van der Waals surface area contributed by atoms with Crippen LogP contribution in [0.4, 0.5) is 0 Å². The van der Waals surface area contributed by atoms with Crippen molar-refractivity contribution in [1.29, 1.82) is 0 Å². The van der Waals surface area contributed by atoms with Gasteiger partial charge in [-0.3, -0.25) is 0 Å². The minimum Gasteiger partial charge on any atom is -0.374 e. The van der Waals surface area contributed by atoms with E-state index < -0.39 is 0 Å². The van der Waals surface area contributed by atoms with Crippen LogP contribution in [0, 0.1) is 0 Å². The summed E-state index contributed by atoms with van der Waals surface area (Å²) < 4.78 is 5.50. The molecule has 1 rings (SSSR count). The van der Waals surface area contributed by atoms with E-state index in [0.29, 0.717) is 12.5 Å². The van der Waals surface area contributed by atoms with Crippen LogP contribution in [0.1, 0.15) is 37.4 Å². The van der Waals surface area contributed by atoms with E-state index >= 15 is 0 Å². The molecule has 0 amide bonds. The van der Waals surface area contributed by atoms with Gasteiger partial charge in [-0.2, -0.15) is 0 Å². The van der Waals surface area contributed by atoms with Gasteiger partial charge in [0.1, 0.15) is 0 Å². The van der Waals surface area contributed by atoms with Gasteiger partial charge in [-0.05, 0) is 6.54 Å². The van der Waals surface area contributed by atoms with Crippen LogP contribution in [0.2, 0.25) is 0 Å². The molecular weight excluding hydrogens is 208 g/mol. The van der Waals surface area contributed by atoms with Crippen molar-refractivity contribution < 1.29 is 4.74 Å². The molecule has 0 aliphatic heterocycles. The van der Waals surface area contributed by atoms with Gasteiger partial charge in [-0.1, -0.05) is 20.8 Å². The van der Waals surface area contributed by atoms with Gasteiger partial charge < -0.3 is 10.1 Å². The van der Waals surface area contributed by atoms with Crippen molar-refractivity contribution in [3.05, 3.63) is 16.1 Å². The van der Waals surface area contributed by atoms with E-state index in [1.165, 1.54) is 5.01 Å². The second-order valence-corrected chi connectivity index (χ2v) is 4.63. The number of nitrogens with one attached hydrogen (secondary N) is 1. The van der Waals surface area contributed by atoms with E-state index in [1.54, 1.807) is 11.3 Å². The number of hydrogen-bond donors (Lipinski definition) is 1. The maximum Gasteiger partial charge on any atom is 0.0954 e. The SMILES string of the molecule is CCNCCOCc1csc(C(C)C)n1. The fourth-order valence-corrected chi connectivity index (χ4v) is 1.97. The van der Waals surface area contributed by atoms with Crippen molar-refractivity contribution >= 4 is 11.3 Å². The summed E-state index contributed by atoms with van der Waals surface area (Å²) >= 11 is 1.72. The lowest BCUT2D eigenvalue weighted by atomic mass is 10.2. The van der Waals surface area contributed by atoms with Crippen molar-refractivity contribution in [3.63, 3.8) is 0 Å². The summed E-state index contributed by atoms with van der Waals surface area (Å²) in [7, 11) is 0. The van der Waals surface area contributed by atoms with Crippen LogP contribution in [0.15, 0.2) is 5.38 Å². The van der Waals surface area contributed by atoms with Crippen molar-refractivity contribution in [1.82, 2.24) is 10.3 Å². The topological polar surface area (TPSA) is 34.1 Å². The average molecular weight is 228 g/mol. The zero-order chi connectivity index (χ0) is 11.1. The summed E-state index contributed by atoms with van der Waals surface area (Å²) in [5, 5.41) is 6.50. The molecule has 4 heteroatoms. The van der Waals surface area contributed by atoms with E-state index in [2.05, 4.69) is 36.5 Å². The Balaban J connectivity index is 2.20. The van der Waals surface area contributed by atoms with Crippen LogP contribution in [0.25, 0.3) is 0 Å². The third-order valence-electron chi connectivity index (χ3n) is 1.99. The molecule has 0 saturated carbocycles. The van der Waals surface area contributed by atoms with Crippen molar-refractivity contribution in [3.8, 4) is 0 Å². The highest BCUT2D eigenvalue weighted by molar-refractivity contribution is 7.09. The van der Waals surface area contributed by atoms with E-state index in [1.807, 2.05) is 0 Å². The molecule has 1 aromatic heterocycles. The molecule has 0 aliphatic carbocycles. The second-order valence-electron chi connectivity index (χ2n) is 3.74. The molecule has 0 atom stereocenters. The Kier molecular flexibility index (Phi) is 5.83. The van der Waals surface area contributed by atoms with Gasteiger partial charge in [0.25, 0.3) is 0 Å². The van der Waals surface area contributed by atoms with Gasteiger partial charge in [0, 0.05) is 17.8 Å². The molecule has 15 heavy (non-hydrogen) atoms. The second kappa shape index (κ2) is 6.93. The normalized spacial score (nSPS) is 11.2. The van der Waals surface area contributed by atoms with E-state index in [-0.39, 0.29) is 0 Å². The van der Waals surface area contributed by atoms with Gasteiger partial charge in [0.05, 0.1) is 23.9 Å². The Morgan fingerprint density at radius 2 is 2.33 bits per heavy atom. The van der Waals surface area contributed by atoms with Gasteiger partial charge in [0.2, 0.25) is 0 Å². The molecule has 1 heterocycles. The number of hydrogen-bond acceptors (Lipinski definition) is 4. The van der Waals surface area contributed by atoms with Crippen LogP contribution in [-0.4, -0.2) is 24.7 Å². The smallest absolute Gasteiger partial charge is 0.0954 e. The molecule has 0 radical (unpaired) electrons. The first kappa shape index (κ1) is 12.6. The average Bonchev–Trinajstić information content (AvgIpc) is 2.66. The first-order valence-electron chi connectivity index (χ1n) is 5.46. The molecule has 0 aromatic carbocycles. The van der Waals surface area contributed by atoms with Gasteiger partial charge in [-0.15, -0.1) is 11.3 Å². The third-order valence-corrected chi connectivity index (χ3v) is 3.18. The number of likely N-dealkylation sites (N-methyl/N-ethyl adjacent to an activating group) is 1. The lowest BCUT2D eigenvalue weighted by Gasteiger charge is -2.02. The first-order valence-corrected chi connectivity index (χ1v) is 6.34. The zero-order valence-electron chi connectivity index (χ0n) is 9.75. The molecule has 0 aliphatic rings. The zero-order valence-corrected chi connectivity index (χ0v) is 10.6. The molecule has 0 bridgehead atoms. The summed E-state index contributed by atoms with van der Waals surface area (Å²) in [6, 6.07) is 0. The molecule has 0 unspecified atom stereocenters. The number of rotatable bonds is 7. The van der Waals surface area contributed by atoms with E-state index in [9.17, 15) is 0 Å². The number of ether oxygens (including phenoxy) is 1. The summed E-state index contributed by atoms with van der Waals surface area (Å²) in [6.45, 7) is 9.71. The van der Waals surface area contributed by atoms with Gasteiger partial charge >= 0.3 is 0 Å². The standard InChI is InChI=1S/C11H20N2OS/c1-4-12-5-6-14-7-10-8-15-11(13-10)9(2)3/h8-9,12H,4-7H2,1-3H3. The van der Waals surface area contributed by atoms with Crippen LogP contribution < -0.4 is 5.32 Å². The lowest BCUT2D eigenvalue weighted by molar-refractivity contribution is 0.121. The summed E-state index contributed by atoms with van der Waals surface area (Å²) in [6.07, 6.45) is 0. The van der Waals surface area contributed by atoms with Crippen LogP contribution in [0.5, 0.6) is 0 Å². The Labute approximate surface area is 95.9 Å². The molecule has 0 spiro atoms. The molecule has 0 saturated heterocycles. The molecule has 0 fully saturated rings. The fraction of sp³-hybridized carbons (Fsp3) is 0.727. The lowest BCUT2D eigenvalue weighted by Crippen LogP contribution is -2.18. The van der Waals surface area contributed by atoms with E-state index in [4.69, 9.17) is 4.74 Å². The number of thiazole rings is 1. The van der Waals surface area contributed by atoms with Gasteiger partial charge in [0.15, 0.2) is 0 Å². The quantitative estimate of drug-likeness (QED) is 0.728. The fourth-order valence-electron chi connectivity index (χ4n) is 1.15. The first-order chi connectivity index (χ1) is 7.24. The summed E-state index contributed by atoms with van der Waals surface area (Å²) in [4.78, 5) is 4.50. The molecular formula is C11H20N2OS. The maximum absolute atomic E-state index is 5.50. The Bertz CT molecular complexity index is 273. The monoisotopic (exact) mass is 228 g/mol. The number of nitrogens with zero attached hydrogens (tertiary/aromatic N) is 1. The van der Waals surface area contributed by atoms with Crippen LogP contribution in [-0.2, 0) is 11.3 Å². The Morgan fingerprint density at radius 1 is 1.53 bits per heavy atom. The highest BCUT2D eigenvalue weighted by Crippen LogP contribution is 2.19. The van der Waals surface area contributed by atoms with Crippen molar-refractivity contribution in [2.24, 2.45) is 0 Å². The minimum absolute atomic E-state index is 0.519. The van der Waals surface area contributed by atoms with Crippen molar-refractivity contribution in [2.75, 3.05) is 19.7 Å². The molecule has 86 valence electrons. The predicted molar refractivity (Wildman–Crippen MR) is 64.4 cm³/mol. The highest BCUT2D eigenvalue weighted by Gasteiger charge is 2.05. The van der Waals surface area contributed by atoms with Crippen LogP contribution in [0.3, 0.4) is 0 Å². The molecule has 1 N–H and O–H groups in total. The summed E-state index contributed by atoms with van der Waals surface area (Å²) in [5.41, 5.74) is 1.06. The Hall–Kier alpha value is -0.450. The van der Waals surface area contributed by atoms with Crippen molar-refractivity contribution in [2.45, 2.75) is 33.3 Å². The van der Waals surface area contributed by atoms with Crippen LogP contribution >= 0.6 is 11.3 Å². The Morgan fingerprint density at radius 3 is 2.93 bits per heavy atom. The van der Waals surface area contributed by atoms with Gasteiger partial charge in [-0.25, -0.2) is 4.98 Å². The minimum atomic E-state index is 0.519. The van der Waals surface area contributed by atoms with E-state index in [0.717, 1.165) is 25.4 Å². The number of aromatic nitrogens is 1. The summed E-state index contributed by atoms with van der Waals surface area (Å²) in [5.74, 6) is 0.519. The molecule has 3 nitrogen and oxygen atoms in total. The molecule has 1 aromatic rings. The predicted octanol–water partition coefficient (Wildman–Crippen LogP) is 2.39. The largest absolute Gasteiger partial charge is 0.374 e.